The predicted molar refractivity (Wildman–Crippen MR) is 128 cm³/mol. The molecule has 3 aromatic rings. The number of fused-ring (bicyclic) bond motifs is 1. The summed E-state index contributed by atoms with van der Waals surface area (Å²) in [5, 5.41) is 15.4. The van der Waals surface area contributed by atoms with E-state index < -0.39 is 35.1 Å². The van der Waals surface area contributed by atoms with E-state index in [2.05, 4.69) is 15.3 Å². The molecule has 4 heterocycles. The molecule has 0 unspecified atom stereocenters. The Morgan fingerprint density at radius 3 is 2.63 bits per heavy atom. The van der Waals surface area contributed by atoms with E-state index in [1.165, 1.54) is 12.3 Å². The predicted octanol–water partition coefficient (Wildman–Crippen LogP) is 3.11. The van der Waals surface area contributed by atoms with Crippen LogP contribution in [-0.4, -0.2) is 64.8 Å². The first kappa shape index (κ1) is 23.8. The molecule has 35 heavy (non-hydrogen) atoms. The normalized spacial score (nSPS) is 27.4. The molecular formula is C26H30F2N4O3. The SMILES string of the molecule is Cc1cc(-c2ccnc3[nH]cc(F)c23)cc(F)c1[C@@]1(O)[C@H](C)CN(C(=O)[C@@H]2COCCN2)C[C@@H]1C. The molecule has 2 fully saturated rings. The molecule has 0 bridgehead atoms. The summed E-state index contributed by atoms with van der Waals surface area (Å²) in [6, 6.07) is 4.37. The number of aromatic nitrogens is 2. The number of hydrogen-bond donors (Lipinski definition) is 3. The lowest BCUT2D eigenvalue weighted by molar-refractivity contribution is -0.153. The van der Waals surface area contributed by atoms with Crippen LogP contribution in [0, 0.1) is 30.4 Å². The van der Waals surface area contributed by atoms with Gasteiger partial charge in [-0.1, -0.05) is 19.9 Å². The summed E-state index contributed by atoms with van der Waals surface area (Å²) in [5.41, 5.74) is 0.759. The maximum absolute atomic E-state index is 15.8. The summed E-state index contributed by atoms with van der Waals surface area (Å²) in [6.07, 6.45) is 2.78. The van der Waals surface area contributed by atoms with E-state index in [0.29, 0.717) is 60.6 Å². The second-order valence-corrected chi connectivity index (χ2v) is 9.82. The quantitative estimate of drug-likeness (QED) is 0.532. The standard InChI is InChI=1S/C26H30F2N4O3/c1-14-8-17(18-4-5-30-24-22(18)20(28)10-31-24)9-19(27)23(14)26(34)15(2)11-32(12-16(26)3)25(33)21-13-35-7-6-29-21/h4-5,8-10,15-16,21,29,34H,6-7,11-13H2,1-3H3,(H,30,31)/t15-,16+,21-,26-/m0/s1. The van der Waals surface area contributed by atoms with Gasteiger partial charge in [0.15, 0.2) is 5.82 Å². The topological polar surface area (TPSA) is 90.5 Å². The number of morpholine rings is 1. The number of hydrogen-bond acceptors (Lipinski definition) is 5. The highest BCUT2D eigenvalue weighted by molar-refractivity contribution is 5.93. The fourth-order valence-electron chi connectivity index (χ4n) is 5.78. The van der Waals surface area contributed by atoms with Crippen LogP contribution in [0.15, 0.2) is 30.6 Å². The van der Waals surface area contributed by atoms with Gasteiger partial charge in [-0.3, -0.25) is 4.79 Å². The lowest BCUT2D eigenvalue weighted by Gasteiger charge is -2.49. The zero-order valence-corrected chi connectivity index (χ0v) is 20.1. The number of aliphatic hydroxyl groups is 1. The number of rotatable bonds is 3. The van der Waals surface area contributed by atoms with E-state index in [1.807, 2.05) is 13.8 Å². The van der Waals surface area contributed by atoms with Crippen LogP contribution in [0.25, 0.3) is 22.2 Å². The number of amides is 1. The third-order valence-corrected chi connectivity index (χ3v) is 7.55. The lowest BCUT2D eigenvalue weighted by Crippen LogP contribution is -2.60. The number of piperidine rings is 1. The van der Waals surface area contributed by atoms with Gasteiger partial charge in [0.1, 0.15) is 23.1 Å². The van der Waals surface area contributed by atoms with Crippen molar-refractivity contribution in [2.24, 2.45) is 11.8 Å². The Hall–Kier alpha value is -2.88. The Labute approximate surface area is 202 Å². The molecule has 9 heteroatoms. The van der Waals surface area contributed by atoms with Crippen LogP contribution >= 0.6 is 0 Å². The van der Waals surface area contributed by atoms with Crippen molar-refractivity contribution in [1.29, 1.82) is 0 Å². The molecule has 2 saturated heterocycles. The van der Waals surface area contributed by atoms with Crippen LogP contribution in [0.3, 0.4) is 0 Å². The van der Waals surface area contributed by atoms with Crippen LogP contribution in [-0.2, 0) is 15.1 Å². The van der Waals surface area contributed by atoms with E-state index in [4.69, 9.17) is 4.74 Å². The molecule has 2 aliphatic rings. The minimum absolute atomic E-state index is 0.0618. The summed E-state index contributed by atoms with van der Waals surface area (Å²) in [5.74, 6) is -1.89. The van der Waals surface area contributed by atoms with E-state index in [0.717, 1.165) is 0 Å². The second-order valence-electron chi connectivity index (χ2n) is 9.82. The molecule has 3 N–H and O–H groups in total. The van der Waals surface area contributed by atoms with Crippen molar-refractivity contribution in [1.82, 2.24) is 20.2 Å². The number of benzene rings is 1. The number of H-pyrrole nitrogens is 1. The van der Waals surface area contributed by atoms with E-state index >= 15 is 4.39 Å². The Morgan fingerprint density at radius 2 is 1.97 bits per heavy atom. The zero-order valence-electron chi connectivity index (χ0n) is 20.1. The van der Waals surface area contributed by atoms with Gasteiger partial charge in [-0.25, -0.2) is 13.8 Å². The van der Waals surface area contributed by atoms with Gasteiger partial charge >= 0.3 is 0 Å². The molecule has 5 rings (SSSR count). The number of halogens is 2. The Kier molecular flexibility index (Phi) is 6.11. The van der Waals surface area contributed by atoms with Gasteiger partial charge < -0.3 is 25.0 Å². The maximum Gasteiger partial charge on any atom is 0.242 e. The molecule has 0 radical (unpaired) electrons. The minimum Gasteiger partial charge on any atom is -0.384 e. The highest BCUT2D eigenvalue weighted by atomic mass is 19.1. The fourth-order valence-corrected chi connectivity index (χ4v) is 5.78. The third kappa shape index (κ3) is 3.91. The molecule has 1 aromatic carbocycles. The zero-order chi connectivity index (χ0) is 24.9. The van der Waals surface area contributed by atoms with E-state index in [9.17, 15) is 14.3 Å². The number of pyridine rings is 1. The summed E-state index contributed by atoms with van der Waals surface area (Å²) >= 11 is 0. The van der Waals surface area contributed by atoms with Crippen LogP contribution in [0.1, 0.15) is 25.0 Å². The summed E-state index contributed by atoms with van der Waals surface area (Å²) in [4.78, 5) is 21.7. The fraction of sp³-hybridized carbons (Fsp3) is 0.462. The van der Waals surface area contributed by atoms with Crippen LogP contribution in [0.4, 0.5) is 8.78 Å². The molecule has 2 aliphatic heterocycles. The van der Waals surface area contributed by atoms with Crippen molar-refractivity contribution < 1.29 is 23.4 Å². The van der Waals surface area contributed by atoms with Gasteiger partial charge in [-0.2, -0.15) is 0 Å². The van der Waals surface area contributed by atoms with Crippen molar-refractivity contribution in [2.45, 2.75) is 32.4 Å². The molecule has 4 atom stereocenters. The first-order chi connectivity index (χ1) is 16.7. The third-order valence-electron chi connectivity index (χ3n) is 7.55. The monoisotopic (exact) mass is 484 g/mol. The maximum atomic E-state index is 15.8. The van der Waals surface area contributed by atoms with Crippen molar-refractivity contribution >= 4 is 16.9 Å². The first-order valence-corrected chi connectivity index (χ1v) is 12.0. The largest absolute Gasteiger partial charge is 0.384 e. The molecule has 7 nitrogen and oxygen atoms in total. The van der Waals surface area contributed by atoms with Gasteiger partial charge in [-0.15, -0.1) is 0 Å². The Balaban J connectivity index is 1.47. The number of carbonyl (C=O) groups is 1. The Morgan fingerprint density at radius 1 is 1.23 bits per heavy atom. The summed E-state index contributed by atoms with van der Waals surface area (Å²) in [7, 11) is 0. The number of ether oxygens (including phenoxy) is 1. The van der Waals surface area contributed by atoms with E-state index in [1.54, 1.807) is 30.2 Å². The van der Waals surface area contributed by atoms with Crippen LogP contribution in [0.2, 0.25) is 0 Å². The number of nitrogens with zero attached hydrogens (tertiary/aromatic N) is 2. The number of likely N-dealkylation sites (tertiary alicyclic amines) is 1. The molecule has 2 aromatic heterocycles. The summed E-state index contributed by atoms with van der Waals surface area (Å²) in [6.45, 7) is 7.56. The van der Waals surface area contributed by atoms with Crippen molar-refractivity contribution in [3.8, 4) is 11.1 Å². The lowest BCUT2D eigenvalue weighted by atomic mass is 9.69. The van der Waals surface area contributed by atoms with Crippen LogP contribution < -0.4 is 5.32 Å². The first-order valence-electron chi connectivity index (χ1n) is 12.0. The molecular weight excluding hydrogens is 454 g/mol. The average Bonchev–Trinajstić information content (AvgIpc) is 3.23. The summed E-state index contributed by atoms with van der Waals surface area (Å²) < 4.78 is 35.6. The molecule has 186 valence electrons. The van der Waals surface area contributed by atoms with Crippen molar-refractivity contribution in [2.75, 3.05) is 32.8 Å². The molecule has 0 aliphatic carbocycles. The molecule has 0 saturated carbocycles. The van der Waals surface area contributed by atoms with Gasteiger partial charge in [0.2, 0.25) is 5.91 Å². The number of carbonyl (C=O) groups excluding carboxylic acids is 1. The smallest absolute Gasteiger partial charge is 0.242 e. The minimum atomic E-state index is -1.47. The highest BCUT2D eigenvalue weighted by Crippen LogP contribution is 2.45. The van der Waals surface area contributed by atoms with Crippen molar-refractivity contribution in [3.63, 3.8) is 0 Å². The van der Waals surface area contributed by atoms with Gasteiger partial charge in [0, 0.05) is 49.4 Å². The molecule has 0 spiro atoms. The number of nitrogens with one attached hydrogen (secondary N) is 2. The van der Waals surface area contributed by atoms with E-state index in [-0.39, 0.29) is 11.5 Å². The average molecular weight is 485 g/mol. The molecule has 1 amide bonds. The highest BCUT2D eigenvalue weighted by Gasteiger charge is 2.49. The Bertz CT molecular complexity index is 1240. The number of aryl methyl sites for hydroxylation is 1. The van der Waals surface area contributed by atoms with Gasteiger partial charge in [-0.05, 0) is 35.7 Å². The second kappa shape index (κ2) is 8.96. The van der Waals surface area contributed by atoms with Gasteiger partial charge in [0.25, 0.3) is 0 Å². The van der Waals surface area contributed by atoms with Crippen molar-refractivity contribution in [3.05, 3.63) is 53.4 Å². The van der Waals surface area contributed by atoms with Gasteiger partial charge in [0.05, 0.1) is 18.6 Å². The number of aromatic amines is 1. The van der Waals surface area contributed by atoms with Crippen LogP contribution in [0.5, 0.6) is 0 Å².